The number of H-pyrrole nitrogens is 1. The Kier molecular flexibility index (Phi) is 6.09. The van der Waals surface area contributed by atoms with E-state index in [9.17, 15) is 4.79 Å². The van der Waals surface area contributed by atoms with Gasteiger partial charge in [-0.05, 0) is 49.2 Å². The van der Waals surface area contributed by atoms with E-state index >= 15 is 0 Å². The number of hydrogen-bond donors (Lipinski definition) is 1. The van der Waals surface area contributed by atoms with Crippen LogP contribution in [0.1, 0.15) is 30.1 Å². The molecule has 30 heavy (non-hydrogen) atoms. The molecule has 0 aliphatic carbocycles. The molecule has 0 spiro atoms. The first-order valence-corrected chi connectivity index (χ1v) is 10.1. The highest BCUT2D eigenvalue weighted by atomic mass is 16.5. The lowest BCUT2D eigenvalue weighted by Gasteiger charge is -2.32. The van der Waals surface area contributed by atoms with Gasteiger partial charge in [0.2, 0.25) is 0 Å². The molecule has 1 N–H and O–H groups in total. The van der Waals surface area contributed by atoms with E-state index < -0.39 is 0 Å². The Balaban J connectivity index is 1.52. The maximum atomic E-state index is 12.3. The Labute approximate surface area is 175 Å². The number of rotatable bonds is 6. The van der Waals surface area contributed by atoms with E-state index in [0.717, 1.165) is 55.4 Å². The van der Waals surface area contributed by atoms with Crippen LogP contribution in [0.15, 0.2) is 53.5 Å². The molecular formula is C23H26N4O3. The van der Waals surface area contributed by atoms with Crippen molar-refractivity contribution < 1.29 is 9.47 Å². The second-order valence-electron chi connectivity index (χ2n) is 7.49. The highest BCUT2D eigenvalue weighted by Gasteiger charge is 2.24. The zero-order valence-electron chi connectivity index (χ0n) is 17.3. The number of aromatic nitrogens is 3. The van der Waals surface area contributed by atoms with Gasteiger partial charge in [-0.3, -0.25) is 14.7 Å². The van der Waals surface area contributed by atoms with Crippen LogP contribution in [0.3, 0.4) is 0 Å². The first-order valence-electron chi connectivity index (χ1n) is 10.1. The number of aromatic amines is 1. The van der Waals surface area contributed by atoms with Crippen molar-refractivity contribution in [2.24, 2.45) is 0 Å². The normalized spacial score (nSPS) is 16.9. The second-order valence-corrected chi connectivity index (χ2v) is 7.49. The number of methoxy groups -OCH3 is 2. The molecule has 0 amide bonds. The molecule has 2 aromatic heterocycles. The van der Waals surface area contributed by atoms with Gasteiger partial charge in [0, 0.05) is 31.3 Å². The smallest absolute Gasteiger partial charge is 0.251 e. The molecule has 1 aliphatic heterocycles. The predicted octanol–water partition coefficient (Wildman–Crippen LogP) is 3.23. The fourth-order valence-corrected chi connectivity index (χ4v) is 3.97. The first kappa shape index (κ1) is 20.1. The Hall–Kier alpha value is -3.19. The molecule has 0 saturated carbocycles. The van der Waals surface area contributed by atoms with E-state index in [2.05, 4.69) is 20.9 Å². The minimum atomic E-state index is -0.141. The van der Waals surface area contributed by atoms with Crippen LogP contribution in [-0.4, -0.2) is 47.2 Å². The standard InChI is InChI=1S/C23H26N4O3/c1-29-20-9-8-16(12-21(20)30-2)14-27-11-5-6-17(15-27)23-25-19(13-22(28)26-23)18-7-3-4-10-24-18/h3-4,7-10,12-13,17H,5-6,11,14-15H2,1-2H3,(H,25,26,28). The van der Waals surface area contributed by atoms with Crippen molar-refractivity contribution >= 4 is 0 Å². The zero-order valence-corrected chi connectivity index (χ0v) is 17.3. The van der Waals surface area contributed by atoms with Gasteiger partial charge in [0.15, 0.2) is 11.5 Å². The highest BCUT2D eigenvalue weighted by molar-refractivity contribution is 5.52. The van der Waals surface area contributed by atoms with Crippen molar-refractivity contribution in [3.8, 4) is 22.9 Å². The molecule has 4 rings (SSSR count). The van der Waals surface area contributed by atoms with Crippen LogP contribution in [0.25, 0.3) is 11.4 Å². The third-order valence-electron chi connectivity index (χ3n) is 5.43. The summed E-state index contributed by atoms with van der Waals surface area (Å²) >= 11 is 0. The van der Waals surface area contributed by atoms with Crippen molar-refractivity contribution in [1.82, 2.24) is 19.9 Å². The maximum absolute atomic E-state index is 12.3. The number of likely N-dealkylation sites (tertiary alicyclic amines) is 1. The Bertz CT molecular complexity index is 1050. The van der Waals surface area contributed by atoms with Gasteiger partial charge in [0.25, 0.3) is 5.56 Å². The minimum absolute atomic E-state index is 0.141. The largest absolute Gasteiger partial charge is 0.493 e. The first-order chi connectivity index (χ1) is 14.7. The van der Waals surface area contributed by atoms with Crippen LogP contribution in [0, 0.1) is 0 Å². The van der Waals surface area contributed by atoms with Gasteiger partial charge in [-0.15, -0.1) is 0 Å². The van der Waals surface area contributed by atoms with Gasteiger partial charge in [-0.1, -0.05) is 12.1 Å². The van der Waals surface area contributed by atoms with Crippen molar-refractivity contribution in [3.63, 3.8) is 0 Å². The molecule has 1 unspecified atom stereocenters. The highest BCUT2D eigenvalue weighted by Crippen LogP contribution is 2.30. The summed E-state index contributed by atoms with van der Waals surface area (Å²) in [6, 6.07) is 13.1. The lowest BCUT2D eigenvalue weighted by molar-refractivity contribution is 0.196. The number of nitrogens with zero attached hydrogens (tertiary/aromatic N) is 3. The molecule has 156 valence electrons. The minimum Gasteiger partial charge on any atom is -0.493 e. The van der Waals surface area contributed by atoms with Crippen LogP contribution in [0.5, 0.6) is 11.5 Å². The van der Waals surface area contributed by atoms with Crippen molar-refractivity contribution in [3.05, 3.63) is 70.4 Å². The average molecular weight is 406 g/mol. The van der Waals surface area contributed by atoms with Crippen molar-refractivity contribution in [2.75, 3.05) is 27.3 Å². The number of nitrogens with one attached hydrogen (secondary N) is 1. The number of ether oxygens (including phenoxy) is 2. The summed E-state index contributed by atoms with van der Waals surface area (Å²) in [6.45, 7) is 2.65. The average Bonchev–Trinajstić information content (AvgIpc) is 2.79. The van der Waals surface area contributed by atoms with Gasteiger partial charge >= 0.3 is 0 Å². The number of piperidine rings is 1. The molecule has 1 fully saturated rings. The van der Waals surface area contributed by atoms with E-state index in [1.54, 1.807) is 20.4 Å². The molecule has 1 atom stereocenters. The van der Waals surface area contributed by atoms with Crippen LogP contribution in [0.4, 0.5) is 0 Å². The quantitative estimate of drug-likeness (QED) is 0.677. The summed E-state index contributed by atoms with van der Waals surface area (Å²) in [4.78, 5) is 26.7. The van der Waals surface area contributed by atoms with Crippen LogP contribution in [0.2, 0.25) is 0 Å². The molecule has 3 heterocycles. The molecule has 1 aliphatic rings. The third-order valence-corrected chi connectivity index (χ3v) is 5.43. The number of pyridine rings is 1. The summed E-state index contributed by atoms with van der Waals surface area (Å²) in [7, 11) is 3.29. The zero-order chi connectivity index (χ0) is 20.9. The third kappa shape index (κ3) is 4.52. The lowest BCUT2D eigenvalue weighted by Crippen LogP contribution is -2.35. The van der Waals surface area contributed by atoms with E-state index in [1.807, 2.05) is 30.3 Å². The SMILES string of the molecule is COc1ccc(CN2CCCC(c3nc(-c4ccccn4)cc(=O)[nH]3)C2)cc1OC. The number of benzene rings is 1. The molecule has 0 bridgehead atoms. The van der Waals surface area contributed by atoms with Gasteiger partial charge in [-0.2, -0.15) is 0 Å². The van der Waals surface area contributed by atoms with E-state index in [-0.39, 0.29) is 11.5 Å². The summed E-state index contributed by atoms with van der Waals surface area (Å²) in [5, 5.41) is 0. The summed E-state index contributed by atoms with van der Waals surface area (Å²) in [5.74, 6) is 2.37. The fourth-order valence-electron chi connectivity index (χ4n) is 3.97. The molecule has 3 aromatic rings. The Morgan fingerprint density at radius 1 is 1.10 bits per heavy atom. The Morgan fingerprint density at radius 2 is 1.97 bits per heavy atom. The Morgan fingerprint density at radius 3 is 2.73 bits per heavy atom. The molecule has 0 radical (unpaired) electrons. The summed E-state index contributed by atoms with van der Waals surface area (Å²) < 4.78 is 10.8. The number of hydrogen-bond acceptors (Lipinski definition) is 6. The van der Waals surface area contributed by atoms with E-state index in [4.69, 9.17) is 14.5 Å². The molecular weight excluding hydrogens is 380 g/mol. The monoisotopic (exact) mass is 406 g/mol. The summed E-state index contributed by atoms with van der Waals surface area (Å²) in [6.07, 6.45) is 3.76. The molecule has 7 nitrogen and oxygen atoms in total. The van der Waals surface area contributed by atoms with Crippen LogP contribution >= 0.6 is 0 Å². The van der Waals surface area contributed by atoms with E-state index in [1.165, 1.54) is 6.07 Å². The van der Waals surface area contributed by atoms with Gasteiger partial charge in [0.05, 0.1) is 25.6 Å². The second kappa shape index (κ2) is 9.09. The van der Waals surface area contributed by atoms with Crippen LogP contribution < -0.4 is 15.0 Å². The molecule has 7 heteroatoms. The van der Waals surface area contributed by atoms with Crippen LogP contribution in [-0.2, 0) is 6.54 Å². The fraction of sp³-hybridized carbons (Fsp3) is 0.348. The molecule has 1 aromatic carbocycles. The predicted molar refractivity (Wildman–Crippen MR) is 115 cm³/mol. The van der Waals surface area contributed by atoms with Gasteiger partial charge in [0.1, 0.15) is 5.82 Å². The van der Waals surface area contributed by atoms with Crippen molar-refractivity contribution in [1.29, 1.82) is 0 Å². The molecule has 1 saturated heterocycles. The maximum Gasteiger partial charge on any atom is 0.251 e. The van der Waals surface area contributed by atoms with E-state index in [0.29, 0.717) is 11.4 Å². The van der Waals surface area contributed by atoms with Gasteiger partial charge < -0.3 is 14.5 Å². The summed E-state index contributed by atoms with van der Waals surface area (Å²) in [5.41, 5.74) is 2.35. The topological polar surface area (TPSA) is 80.3 Å². The van der Waals surface area contributed by atoms with Gasteiger partial charge in [-0.25, -0.2) is 4.98 Å². The lowest BCUT2D eigenvalue weighted by atomic mass is 9.96. The van der Waals surface area contributed by atoms with Crippen molar-refractivity contribution in [2.45, 2.75) is 25.3 Å².